The molecule has 1 heteroatoms. The van der Waals surface area contributed by atoms with Crippen LogP contribution in [0.15, 0.2) is 0 Å². The van der Waals surface area contributed by atoms with E-state index < -0.39 is 0 Å². The van der Waals surface area contributed by atoms with Crippen LogP contribution in [0.25, 0.3) is 0 Å². The Morgan fingerprint density at radius 2 is 1.50 bits per heavy atom. The van der Waals surface area contributed by atoms with Crippen molar-refractivity contribution < 1.29 is 0 Å². The highest BCUT2D eigenvalue weighted by Crippen LogP contribution is 2.16. The predicted octanol–water partition coefficient (Wildman–Crippen LogP) is 2.41. The van der Waals surface area contributed by atoms with Crippen LogP contribution in [-0.2, 0) is 0 Å². The van der Waals surface area contributed by atoms with Crippen LogP contribution in [-0.4, -0.2) is 6.04 Å². The highest BCUT2D eigenvalue weighted by atomic mass is 14.6. The van der Waals surface area contributed by atoms with Crippen molar-refractivity contribution in [1.29, 1.82) is 0 Å². The van der Waals surface area contributed by atoms with Gasteiger partial charge in [-0.3, -0.25) is 0 Å². The lowest BCUT2D eigenvalue weighted by atomic mass is 9.92. The van der Waals surface area contributed by atoms with Gasteiger partial charge in [-0.2, -0.15) is 0 Å². The fourth-order valence-electron chi connectivity index (χ4n) is 0.859. The summed E-state index contributed by atoms with van der Waals surface area (Å²) in [6.45, 7) is 8.91. The van der Waals surface area contributed by atoms with Gasteiger partial charge in [-0.1, -0.05) is 20.8 Å². The van der Waals surface area contributed by atoms with E-state index in [1.807, 2.05) is 0 Å². The molecule has 0 aromatic rings. The van der Waals surface area contributed by atoms with Crippen molar-refractivity contribution in [2.24, 2.45) is 17.6 Å². The molecule has 0 spiro atoms. The maximum absolute atomic E-state index is 5.64. The predicted molar refractivity (Wildman–Crippen MR) is 46.9 cm³/mol. The molecule has 2 atom stereocenters. The lowest BCUT2D eigenvalue weighted by Gasteiger charge is -2.15. The molecular formula is C9H21N. The quantitative estimate of drug-likeness (QED) is 0.642. The van der Waals surface area contributed by atoms with E-state index in [1.54, 1.807) is 0 Å². The molecule has 0 aromatic carbocycles. The van der Waals surface area contributed by atoms with Gasteiger partial charge in [-0.25, -0.2) is 0 Å². The SMILES string of the molecule is CC(N)CCC(C)C(C)C. The molecule has 0 radical (unpaired) electrons. The van der Waals surface area contributed by atoms with Crippen LogP contribution in [0.2, 0.25) is 0 Å². The van der Waals surface area contributed by atoms with Crippen LogP contribution >= 0.6 is 0 Å². The summed E-state index contributed by atoms with van der Waals surface area (Å²) < 4.78 is 0. The Morgan fingerprint density at radius 3 is 1.80 bits per heavy atom. The third-order valence-electron chi connectivity index (χ3n) is 2.22. The van der Waals surface area contributed by atoms with Crippen LogP contribution in [0.4, 0.5) is 0 Å². The summed E-state index contributed by atoms with van der Waals surface area (Å²) in [4.78, 5) is 0. The largest absolute Gasteiger partial charge is 0.328 e. The summed E-state index contributed by atoms with van der Waals surface area (Å²) in [6, 6.07) is 0.376. The maximum atomic E-state index is 5.64. The maximum Gasteiger partial charge on any atom is 0.00105 e. The molecule has 10 heavy (non-hydrogen) atoms. The minimum Gasteiger partial charge on any atom is -0.328 e. The molecule has 0 aliphatic heterocycles. The van der Waals surface area contributed by atoms with Gasteiger partial charge in [0.25, 0.3) is 0 Å². The Hall–Kier alpha value is -0.0400. The molecule has 0 heterocycles. The topological polar surface area (TPSA) is 26.0 Å². The first kappa shape index (κ1) is 9.96. The summed E-state index contributed by atoms with van der Waals surface area (Å²) in [6.07, 6.45) is 2.44. The van der Waals surface area contributed by atoms with Crippen molar-refractivity contribution >= 4 is 0 Å². The van der Waals surface area contributed by atoms with Crippen molar-refractivity contribution in [3.05, 3.63) is 0 Å². The zero-order valence-corrected chi connectivity index (χ0v) is 7.72. The first-order valence-electron chi connectivity index (χ1n) is 4.29. The lowest BCUT2D eigenvalue weighted by Crippen LogP contribution is -2.16. The highest BCUT2D eigenvalue weighted by molar-refractivity contribution is 4.61. The second-order valence-electron chi connectivity index (χ2n) is 3.78. The molecule has 0 aromatic heterocycles. The molecule has 0 fully saturated rings. The molecule has 0 saturated carbocycles. The monoisotopic (exact) mass is 143 g/mol. The smallest absolute Gasteiger partial charge is 0.00105 e. The number of hydrogen-bond donors (Lipinski definition) is 1. The standard InChI is InChI=1S/C9H21N/c1-7(2)8(3)5-6-9(4)10/h7-9H,5-6,10H2,1-4H3. The Labute approximate surface area is 65.0 Å². The molecule has 0 rings (SSSR count). The first-order chi connectivity index (χ1) is 4.54. The van der Waals surface area contributed by atoms with E-state index in [4.69, 9.17) is 5.73 Å². The number of rotatable bonds is 4. The molecule has 0 amide bonds. The molecule has 0 aliphatic carbocycles. The summed E-state index contributed by atoms with van der Waals surface area (Å²) in [5, 5.41) is 0. The number of nitrogens with two attached hydrogens (primary N) is 1. The summed E-state index contributed by atoms with van der Waals surface area (Å²) in [5.41, 5.74) is 5.64. The number of hydrogen-bond acceptors (Lipinski definition) is 1. The lowest BCUT2D eigenvalue weighted by molar-refractivity contribution is 0.371. The molecule has 0 aliphatic rings. The van der Waals surface area contributed by atoms with Gasteiger partial charge in [-0.05, 0) is 31.6 Å². The molecule has 2 unspecified atom stereocenters. The zero-order chi connectivity index (χ0) is 8.15. The Bertz CT molecular complexity index is 76.8. The van der Waals surface area contributed by atoms with Crippen LogP contribution in [0.3, 0.4) is 0 Å². The third kappa shape index (κ3) is 4.80. The molecule has 62 valence electrons. The minimum atomic E-state index is 0.376. The first-order valence-corrected chi connectivity index (χ1v) is 4.29. The molecular weight excluding hydrogens is 122 g/mol. The van der Waals surface area contributed by atoms with Gasteiger partial charge in [0.1, 0.15) is 0 Å². The molecule has 2 N–H and O–H groups in total. The van der Waals surface area contributed by atoms with Gasteiger partial charge in [0.15, 0.2) is 0 Å². The highest BCUT2D eigenvalue weighted by Gasteiger charge is 2.06. The van der Waals surface area contributed by atoms with E-state index >= 15 is 0 Å². The Morgan fingerprint density at radius 1 is 1.00 bits per heavy atom. The van der Waals surface area contributed by atoms with Crippen LogP contribution in [0.5, 0.6) is 0 Å². The third-order valence-corrected chi connectivity index (χ3v) is 2.22. The fraction of sp³-hybridized carbons (Fsp3) is 1.00. The summed E-state index contributed by atoms with van der Waals surface area (Å²) in [5.74, 6) is 1.63. The second kappa shape index (κ2) is 4.73. The Kier molecular flexibility index (Phi) is 4.71. The van der Waals surface area contributed by atoms with Crippen LogP contribution < -0.4 is 5.73 Å². The molecule has 0 saturated heterocycles. The van der Waals surface area contributed by atoms with Gasteiger partial charge < -0.3 is 5.73 Å². The normalized spacial score (nSPS) is 17.4. The van der Waals surface area contributed by atoms with Crippen LogP contribution in [0.1, 0.15) is 40.5 Å². The zero-order valence-electron chi connectivity index (χ0n) is 7.72. The molecule has 1 nitrogen and oxygen atoms in total. The summed E-state index contributed by atoms with van der Waals surface area (Å²) in [7, 11) is 0. The van der Waals surface area contributed by atoms with E-state index in [9.17, 15) is 0 Å². The van der Waals surface area contributed by atoms with Crippen molar-refractivity contribution in [3.8, 4) is 0 Å². The Balaban J connectivity index is 3.30. The van der Waals surface area contributed by atoms with Gasteiger partial charge in [0.05, 0.1) is 0 Å². The van der Waals surface area contributed by atoms with E-state index in [1.165, 1.54) is 12.8 Å². The average molecular weight is 143 g/mol. The van der Waals surface area contributed by atoms with Gasteiger partial charge in [-0.15, -0.1) is 0 Å². The van der Waals surface area contributed by atoms with Crippen LogP contribution in [0, 0.1) is 11.8 Å². The van der Waals surface area contributed by atoms with Crippen molar-refractivity contribution in [3.63, 3.8) is 0 Å². The summed E-state index contributed by atoms with van der Waals surface area (Å²) >= 11 is 0. The van der Waals surface area contributed by atoms with Gasteiger partial charge >= 0.3 is 0 Å². The van der Waals surface area contributed by atoms with E-state index in [-0.39, 0.29) is 0 Å². The minimum absolute atomic E-state index is 0.376. The molecule has 0 bridgehead atoms. The van der Waals surface area contributed by atoms with E-state index in [2.05, 4.69) is 27.7 Å². The van der Waals surface area contributed by atoms with Crippen molar-refractivity contribution in [2.75, 3.05) is 0 Å². The van der Waals surface area contributed by atoms with Crippen molar-refractivity contribution in [1.82, 2.24) is 0 Å². The van der Waals surface area contributed by atoms with Gasteiger partial charge in [0, 0.05) is 6.04 Å². The second-order valence-corrected chi connectivity index (χ2v) is 3.78. The van der Waals surface area contributed by atoms with E-state index in [0.29, 0.717) is 6.04 Å². The fourth-order valence-corrected chi connectivity index (χ4v) is 0.859. The van der Waals surface area contributed by atoms with Gasteiger partial charge in [0.2, 0.25) is 0 Å². The van der Waals surface area contributed by atoms with Crippen molar-refractivity contribution in [2.45, 2.75) is 46.6 Å². The average Bonchev–Trinajstić information content (AvgIpc) is 1.82. The van der Waals surface area contributed by atoms with E-state index in [0.717, 1.165) is 11.8 Å².